The van der Waals surface area contributed by atoms with Crippen molar-refractivity contribution in [2.75, 3.05) is 6.61 Å². The Balaban J connectivity index is 1.62. The average molecular weight is 368 g/mol. The molecule has 1 saturated carbocycles. The molecule has 1 aromatic carbocycles. The summed E-state index contributed by atoms with van der Waals surface area (Å²) in [5.74, 6) is -2.16. The highest BCUT2D eigenvalue weighted by molar-refractivity contribution is 6.54. The van der Waals surface area contributed by atoms with E-state index in [1.807, 2.05) is 27.7 Å². The third-order valence-corrected chi connectivity index (χ3v) is 5.30. The van der Waals surface area contributed by atoms with Gasteiger partial charge in [-0.05, 0) is 51.5 Å². The minimum atomic E-state index is -2.55. The molecule has 0 bridgehead atoms. The second kappa shape index (κ2) is 6.61. The number of halogens is 3. The number of hydrogen-bond donors (Lipinski definition) is 0. The molecule has 3 nitrogen and oxygen atoms in total. The first-order chi connectivity index (χ1) is 12.0. The summed E-state index contributed by atoms with van der Waals surface area (Å²) in [5, 5.41) is 0. The van der Waals surface area contributed by atoms with E-state index in [4.69, 9.17) is 14.0 Å². The van der Waals surface area contributed by atoms with Crippen LogP contribution in [0, 0.1) is 5.92 Å². The number of benzene rings is 1. The maximum atomic E-state index is 14.6. The van der Waals surface area contributed by atoms with E-state index in [0.717, 1.165) is 0 Å². The molecule has 2 aliphatic rings. The van der Waals surface area contributed by atoms with Gasteiger partial charge in [0, 0.05) is 18.8 Å². The summed E-state index contributed by atoms with van der Waals surface area (Å²) in [6.45, 7) is 7.68. The highest BCUT2D eigenvalue weighted by atomic mass is 19.3. The normalized spacial score (nSPS) is 24.4. The first kappa shape index (κ1) is 19.3. The summed E-state index contributed by atoms with van der Waals surface area (Å²) in [5.41, 5.74) is -1.16. The predicted molar refractivity (Wildman–Crippen MR) is 94.8 cm³/mol. The molecule has 26 heavy (non-hydrogen) atoms. The highest BCUT2D eigenvalue weighted by Crippen LogP contribution is 2.42. The molecule has 0 unspecified atom stereocenters. The van der Waals surface area contributed by atoms with E-state index in [2.05, 4.69) is 0 Å². The van der Waals surface area contributed by atoms with E-state index in [1.165, 1.54) is 6.08 Å². The van der Waals surface area contributed by atoms with Gasteiger partial charge in [0.25, 0.3) is 0 Å². The summed E-state index contributed by atoms with van der Waals surface area (Å²) in [6.07, 6.45) is 1.07. The van der Waals surface area contributed by atoms with Gasteiger partial charge in [-0.1, -0.05) is 12.1 Å². The van der Waals surface area contributed by atoms with Crippen LogP contribution in [0.1, 0.15) is 46.1 Å². The summed E-state index contributed by atoms with van der Waals surface area (Å²) >= 11 is 0. The van der Waals surface area contributed by atoms with Crippen LogP contribution in [-0.2, 0) is 9.31 Å². The summed E-state index contributed by atoms with van der Waals surface area (Å²) in [4.78, 5) is 0. The number of hydrogen-bond acceptors (Lipinski definition) is 3. The van der Waals surface area contributed by atoms with E-state index >= 15 is 0 Å². The van der Waals surface area contributed by atoms with Gasteiger partial charge in [-0.3, -0.25) is 0 Å². The van der Waals surface area contributed by atoms with Gasteiger partial charge in [0.1, 0.15) is 11.5 Å². The topological polar surface area (TPSA) is 27.7 Å². The van der Waals surface area contributed by atoms with Gasteiger partial charge in [-0.15, -0.1) is 0 Å². The van der Waals surface area contributed by atoms with Crippen molar-refractivity contribution in [1.82, 2.24) is 0 Å². The Morgan fingerprint density at radius 2 is 1.81 bits per heavy atom. The van der Waals surface area contributed by atoms with E-state index < -0.39 is 30.0 Å². The maximum absolute atomic E-state index is 14.6. The fraction of sp³-hybridized carbons (Fsp3) is 0.579. The van der Waals surface area contributed by atoms with Gasteiger partial charge in [0.05, 0.1) is 17.8 Å². The highest BCUT2D eigenvalue weighted by Gasteiger charge is 2.53. The Hall–Kier alpha value is -1.47. The van der Waals surface area contributed by atoms with Gasteiger partial charge < -0.3 is 14.0 Å². The molecule has 7 heteroatoms. The quantitative estimate of drug-likeness (QED) is 0.681. The lowest BCUT2D eigenvalue weighted by molar-refractivity contribution is -0.119. The summed E-state index contributed by atoms with van der Waals surface area (Å²) in [7, 11) is -1.05. The van der Waals surface area contributed by atoms with E-state index in [9.17, 15) is 13.2 Å². The minimum Gasteiger partial charge on any atom is -0.493 e. The van der Waals surface area contributed by atoms with E-state index in [1.54, 1.807) is 24.3 Å². The SMILES string of the molecule is CC1(C)OB(C(F)=Cc2cccc(OCC3CC(F)(F)C3)c2)OC1(C)C. The number of alkyl halides is 2. The van der Waals surface area contributed by atoms with Gasteiger partial charge >= 0.3 is 7.12 Å². The van der Waals surface area contributed by atoms with Crippen LogP contribution in [0.3, 0.4) is 0 Å². The Morgan fingerprint density at radius 1 is 1.19 bits per heavy atom. The largest absolute Gasteiger partial charge is 0.525 e. The molecule has 0 radical (unpaired) electrons. The van der Waals surface area contributed by atoms with E-state index in [-0.39, 0.29) is 25.4 Å². The van der Waals surface area contributed by atoms with Crippen molar-refractivity contribution in [2.24, 2.45) is 5.92 Å². The van der Waals surface area contributed by atoms with Crippen molar-refractivity contribution in [3.05, 3.63) is 35.6 Å². The van der Waals surface area contributed by atoms with Crippen molar-refractivity contribution in [1.29, 1.82) is 0 Å². The first-order valence-corrected chi connectivity index (χ1v) is 8.81. The zero-order valence-electron chi connectivity index (χ0n) is 15.5. The fourth-order valence-electron chi connectivity index (χ4n) is 2.99. The maximum Gasteiger partial charge on any atom is 0.525 e. The van der Waals surface area contributed by atoms with Crippen LogP contribution in [0.15, 0.2) is 30.0 Å². The third-order valence-electron chi connectivity index (χ3n) is 5.30. The molecular weight excluding hydrogens is 344 g/mol. The van der Waals surface area contributed by atoms with Crippen LogP contribution in [-0.4, -0.2) is 30.8 Å². The van der Waals surface area contributed by atoms with Crippen LogP contribution in [0.5, 0.6) is 5.75 Å². The first-order valence-electron chi connectivity index (χ1n) is 8.81. The van der Waals surface area contributed by atoms with Crippen LogP contribution >= 0.6 is 0 Å². The molecule has 0 atom stereocenters. The Bertz CT molecular complexity index is 679. The molecule has 0 spiro atoms. The molecule has 0 aromatic heterocycles. The number of ether oxygens (including phenoxy) is 1. The zero-order chi connectivity index (χ0) is 19.2. The van der Waals surface area contributed by atoms with Gasteiger partial charge in [-0.2, -0.15) is 0 Å². The molecule has 142 valence electrons. The molecule has 0 amide bonds. The van der Waals surface area contributed by atoms with E-state index in [0.29, 0.717) is 11.3 Å². The van der Waals surface area contributed by atoms with Crippen molar-refractivity contribution in [2.45, 2.75) is 57.7 Å². The molecule has 1 heterocycles. The molecule has 1 aliphatic carbocycles. The zero-order valence-corrected chi connectivity index (χ0v) is 15.5. The molecule has 1 aliphatic heterocycles. The van der Waals surface area contributed by atoms with Crippen LogP contribution in [0.25, 0.3) is 6.08 Å². The van der Waals surface area contributed by atoms with Crippen LogP contribution in [0.4, 0.5) is 13.2 Å². The third kappa shape index (κ3) is 4.09. The van der Waals surface area contributed by atoms with Crippen molar-refractivity contribution in [3.8, 4) is 5.75 Å². The van der Waals surface area contributed by atoms with Gasteiger partial charge in [0.15, 0.2) is 0 Å². The Labute approximate surface area is 152 Å². The number of rotatable bonds is 5. The van der Waals surface area contributed by atoms with Crippen LogP contribution < -0.4 is 4.74 Å². The minimum absolute atomic E-state index is 0.134. The smallest absolute Gasteiger partial charge is 0.493 e. The summed E-state index contributed by atoms with van der Waals surface area (Å²) < 4.78 is 57.2. The lowest BCUT2D eigenvalue weighted by Gasteiger charge is -2.34. The Morgan fingerprint density at radius 3 is 2.38 bits per heavy atom. The van der Waals surface area contributed by atoms with Crippen LogP contribution in [0.2, 0.25) is 0 Å². The second-order valence-electron chi connectivity index (χ2n) is 8.13. The lowest BCUT2D eigenvalue weighted by atomic mass is 9.82. The molecule has 1 saturated heterocycles. The predicted octanol–water partition coefficient (Wildman–Crippen LogP) is 5.05. The monoisotopic (exact) mass is 368 g/mol. The molecule has 0 N–H and O–H groups in total. The van der Waals surface area contributed by atoms with Crippen molar-refractivity contribution < 1.29 is 27.2 Å². The van der Waals surface area contributed by atoms with Crippen molar-refractivity contribution in [3.63, 3.8) is 0 Å². The van der Waals surface area contributed by atoms with Crippen molar-refractivity contribution >= 4 is 13.2 Å². The summed E-state index contributed by atoms with van der Waals surface area (Å²) in [6, 6.07) is 6.85. The average Bonchev–Trinajstić information content (AvgIpc) is 2.72. The molecular formula is C19H24BF3O3. The molecule has 2 fully saturated rings. The Kier molecular flexibility index (Phi) is 4.90. The molecule has 1 aromatic rings. The fourth-order valence-corrected chi connectivity index (χ4v) is 2.99. The lowest BCUT2D eigenvalue weighted by Crippen LogP contribution is -2.41. The van der Waals surface area contributed by atoms with Gasteiger partial charge in [-0.25, -0.2) is 13.2 Å². The standard InChI is InChI=1S/C19H24BF3O3/c1-17(2)18(3,4)26-20(25-17)16(21)9-13-6-5-7-15(8-13)24-12-14-10-19(22,23)11-14/h5-9,14H,10-12H2,1-4H3. The van der Waals surface area contributed by atoms with Gasteiger partial charge in [0.2, 0.25) is 5.92 Å². The second-order valence-corrected chi connectivity index (χ2v) is 8.13. The molecule has 3 rings (SSSR count).